The molecule has 12 nitrogen and oxygen atoms in total. The number of hydrogen-bond acceptors (Lipinski definition) is 7. The second-order valence-corrected chi connectivity index (χ2v) is 8.99. The summed E-state index contributed by atoms with van der Waals surface area (Å²) in [5.41, 5.74) is 12.1. The average Bonchev–Trinajstić information content (AvgIpc) is 3.49. The van der Waals surface area contributed by atoms with Crippen LogP contribution in [0.2, 0.25) is 0 Å². The number of aromatic nitrogens is 2. The molecule has 0 radical (unpaired) electrons. The Bertz CT molecular complexity index is 830. The van der Waals surface area contributed by atoms with Crippen molar-refractivity contribution in [3.8, 4) is 0 Å². The lowest BCUT2D eigenvalue weighted by atomic mass is 10.0. The number of unbranched alkanes of at least 4 members (excludes halogenated alkanes) is 1. The van der Waals surface area contributed by atoms with E-state index in [0.29, 0.717) is 50.9 Å². The summed E-state index contributed by atoms with van der Waals surface area (Å²) >= 11 is 0. The van der Waals surface area contributed by atoms with Gasteiger partial charge in [0.25, 0.3) is 0 Å². The minimum absolute atomic E-state index is 0.119. The van der Waals surface area contributed by atoms with Gasteiger partial charge < -0.3 is 37.1 Å². The van der Waals surface area contributed by atoms with Crippen molar-refractivity contribution in [1.29, 1.82) is 0 Å². The van der Waals surface area contributed by atoms with Crippen LogP contribution in [0.5, 0.6) is 0 Å². The van der Waals surface area contributed by atoms with Gasteiger partial charge in [-0.25, -0.2) is 9.78 Å². The smallest absolute Gasteiger partial charge is 0.326 e. The van der Waals surface area contributed by atoms with Gasteiger partial charge in [-0.15, -0.1) is 0 Å². The van der Waals surface area contributed by atoms with Crippen molar-refractivity contribution in [2.75, 3.05) is 13.1 Å². The first-order valence-corrected chi connectivity index (χ1v) is 11.7. The number of nitrogens with zero attached hydrogens (tertiary/aromatic N) is 2. The van der Waals surface area contributed by atoms with Crippen LogP contribution in [-0.4, -0.2) is 80.9 Å². The molecule has 1 aromatic heterocycles. The molecular formula is C22H37N7O5. The Labute approximate surface area is 199 Å². The lowest BCUT2D eigenvalue weighted by molar-refractivity contribution is -0.149. The van der Waals surface area contributed by atoms with Crippen LogP contribution in [0.1, 0.15) is 51.6 Å². The number of rotatable bonds is 13. The number of carboxylic acid groups (broad SMARTS) is 1. The number of aromatic amines is 1. The molecule has 0 bridgehead atoms. The van der Waals surface area contributed by atoms with E-state index in [9.17, 15) is 24.3 Å². The van der Waals surface area contributed by atoms with Gasteiger partial charge in [-0.2, -0.15) is 0 Å². The molecule has 2 heterocycles. The van der Waals surface area contributed by atoms with Crippen molar-refractivity contribution < 1.29 is 24.3 Å². The standard InChI is InChI=1S/C22H37N7O5/c1-13(2)18(24)20(31)28-16(10-14-11-25-12-26-14)19(30)27-15(6-3-4-8-23)21(32)29-9-5-7-17(29)22(33)34/h11-13,15-18H,3-10,23-24H2,1-2H3,(H,25,26)(H,27,30)(H,28,31)(H,33,34). The monoisotopic (exact) mass is 479 g/mol. The number of nitrogens with one attached hydrogen (secondary N) is 3. The fourth-order valence-electron chi connectivity index (χ4n) is 3.91. The van der Waals surface area contributed by atoms with Gasteiger partial charge in [0, 0.05) is 24.9 Å². The fraction of sp³-hybridized carbons (Fsp3) is 0.682. The van der Waals surface area contributed by atoms with E-state index in [1.54, 1.807) is 20.0 Å². The van der Waals surface area contributed by atoms with E-state index in [4.69, 9.17) is 11.5 Å². The number of hydrogen-bond donors (Lipinski definition) is 6. The average molecular weight is 480 g/mol. The predicted octanol–water partition coefficient (Wildman–Crippen LogP) is -0.890. The molecule has 3 amide bonds. The molecule has 0 saturated carbocycles. The third-order valence-electron chi connectivity index (χ3n) is 6.02. The van der Waals surface area contributed by atoms with Gasteiger partial charge >= 0.3 is 5.97 Å². The van der Waals surface area contributed by atoms with Crippen molar-refractivity contribution in [2.24, 2.45) is 17.4 Å². The molecule has 8 N–H and O–H groups in total. The van der Waals surface area contributed by atoms with Gasteiger partial charge in [0.15, 0.2) is 0 Å². The first kappa shape index (κ1) is 27.3. The minimum atomic E-state index is -1.06. The Morgan fingerprint density at radius 1 is 1.21 bits per heavy atom. The molecule has 1 aliphatic heterocycles. The number of carbonyl (C=O) groups excluding carboxylic acids is 3. The third-order valence-corrected chi connectivity index (χ3v) is 6.02. The molecule has 2 rings (SSSR count). The first-order chi connectivity index (χ1) is 16.1. The molecule has 0 aliphatic carbocycles. The summed E-state index contributed by atoms with van der Waals surface area (Å²) in [5.74, 6) is -2.68. The highest BCUT2D eigenvalue weighted by atomic mass is 16.4. The zero-order valence-electron chi connectivity index (χ0n) is 19.8. The van der Waals surface area contributed by atoms with Gasteiger partial charge in [-0.1, -0.05) is 13.8 Å². The van der Waals surface area contributed by atoms with Gasteiger partial charge in [-0.3, -0.25) is 14.4 Å². The van der Waals surface area contributed by atoms with E-state index in [0.717, 1.165) is 0 Å². The molecule has 4 unspecified atom stereocenters. The Morgan fingerprint density at radius 2 is 1.91 bits per heavy atom. The number of amides is 3. The maximum atomic E-state index is 13.3. The second-order valence-electron chi connectivity index (χ2n) is 8.99. The summed E-state index contributed by atoms with van der Waals surface area (Å²) in [6.07, 6.45) is 5.61. The van der Waals surface area contributed by atoms with Crippen LogP contribution in [0.3, 0.4) is 0 Å². The van der Waals surface area contributed by atoms with Gasteiger partial charge in [-0.05, 0) is 44.6 Å². The summed E-state index contributed by atoms with van der Waals surface area (Å²) in [4.78, 5) is 58.8. The van der Waals surface area contributed by atoms with Crippen LogP contribution < -0.4 is 22.1 Å². The highest BCUT2D eigenvalue weighted by Gasteiger charge is 2.38. The zero-order valence-corrected chi connectivity index (χ0v) is 19.8. The summed E-state index contributed by atoms with van der Waals surface area (Å²) < 4.78 is 0. The van der Waals surface area contributed by atoms with Crippen molar-refractivity contribution in [3.63, 3.8) is 0 Å². The van der Waals surface area contributed by atoms with Gasteiger partial charge in [0.1, 0.15) is 18.1 Å². The Balaban J connectivity index is 2.20. The Kier molecular flexibility index (Phi) is 10.5. The number of likely N-dealkylation sites (tertiary alicyclic amines) is 1. The first-order valence-electron chi connectivity index (χ1n) is 11.7. The summed E-state index contributed by atoms with van der Waals surface area (Å²) in [6.45, 7) is 4.35. The summed E-state index contributed by atoms with van der Waals surface area (Å²) in [6, 6.07) is -3.65. The molecule has 12 heteroatoms. The van der Waals surface area contributed by atoms with Crippen LogP contribution in [0.4, 0.5) is 0 Å². The highest BCUT2D eigenvalue weighted by molar-refractivity contribution is 5.94. The van der Waals surface area contributed by atoms with E-state index in [1.807, 2.05) is 0 Å². The normalized spacial score (nSPS) is 18.4. The number of aliphatic carboxylic acids is 1. The molecule has 190 valence electrons. The summed E-state index contributed by atoms with van der Waals surface area (Å²) in [5, 5.41) is 14.9. The minimum Gasteiger partial charge on any atom is -0.480 e. The molecule has 34 heavy (non-hydrogen) atoms. The van der Waals surface area contributed by atoms with Gasteiger partial charge in [0.05, 0.1) is 12.4 Å². The maximum Gasteiger partial charge on any atom is 0.326 e. The molecule has 1 aromatic rings. The number of H-pyrrole nitrogens is 1. The largest absolute Gasteiger partial charge is 0.480 e. The molecule has 1 aliphatic rings. The number of nitrogens with two attached hydrogens (primary N) is 2. The number of carboxylic acids is 1. The lowest BCUT2D eigenvalue weighted by Gasteiger charge is -2.29. The molecular weight excluding hydrogens is 442 g/mol. The molecule has 1 saturated heterocycles. The van der Waals surface area contributed by atoms with Crippen LogP contribution in [0.15, 0.2) is 12.5 Å². The molecule has 0 spiro atoms. The third kappa shape index (κ3) is 7.52. The molecule has 0 aromatic carbocycles. The topological polar surface area (TPSA) is 197 Å². The van der Waals surface area contributed by atoms with Crippen LogP contribution >= 0.6 is 0 Å². The van der Waals surface area contributed by atoms with E-state index in [-0.39, 0.29) is 12.3 Å². The SMILES string of the molecule is CC(C)C(N)C(=O)NC(Cc1cnc[nH]1)C(=O)NC(CCCCN)C(=O)N1CCCC1C(=O)O. The van der Waals surface area contributed by atoms with Crippen molar-refractivity contribution >= 4 is 23.7 Å². The van der Waals surface area contributed by atoms with Crippen molar-refractivity contribution in [3.05, 3.63) is 18.2 Å². The Morgan fingerprint density at radius 3 is 2.50 bits per heavy atom. The van der Waals surface area contributed by atoms with Crippen molar-refractivity contribution in [2.45, 2.75) is 76.5 Å². The van der Waals surface area contributed by atoms with E-state index in [2.05, 4.69) is 20.6 Å². The van der Waals surface area contributed by atoms with E-state index >= 15 is 0 Å². The second kappa shape index (κ2) is 13.0. The van der Waals surface area contributed by atoms with E-state index < -0.39 is 47.9 Å². The molecule has 1 fully saturated rings. The highest BCUT2D eigenvalue weighted by Crippen LogP contribution is 2.20. The summed E-state index contributed by atoms with van der Waals surface area (Å²) in [7, 11) is 0. The van der Waals surface area contributed by atoms with Gasteiger partial charge in [0.2, 0.25) is 17.7 Å². The quantitative estimate of drug-likeness (QED) is 0.196. The van der Waals surface area contributed by atoms with Crippen LogP contribution in [-0.2, 0) is 25.6 Å². The van der Waals surface area contributed by atoms with Crippen LogP contribution in [0, 0.1) is 5.92 Å². The fourth-order valence-corrected chi connectivity index (χ4v) is 3.91. The molecule has 4 atom stereocenters. The van der Waals surface area contributed by atoms with Crippen LogP contribution in [0.25, 0.3) is 0 Å². The zero-order chi connectivity index (χ0) is 25.3. The number of imidazole rings is 1. The predicted molar refractivity (Wildman–Crippen MR) is 124 cm³/mol. The van der Waals surface area contributed by atoms with Crippen molar-refractivity contribution in [1.82, 2.24) is 25.5 Å². The Hall–Kier alpha value is -2.99. The maximum absolute atomic E-state index is 13.3. The van der Waals surface area contributed by atoms with E-state index in [1.165, 1.54) is 11.2 Å². The number of carbonyl (C=O) groups is 4. The lowest BCUT2D eigenvalue weighted by Crippen LogP contribution is -2.58.